The van der Waals surface area contributed by atoms with E-state index in [1.165, 1.54) is 6.42 Å². The molecule has 2 unspecified atom stereocenters. The highest BCUT2D eigenvalue weighted by Gasteiger charge is 2.62. The first-order valence-electron chi connectivity index (χ1n) is 5.43. The van der Waals surface area contributed by atoms with Gasteiger partial charge >= 0.3 is 0 Å². The Morgan fingerprint density at radius 3 is 2.93 bits per heavy atom. The van der Waals surface area contributed by atoms with Crippen LogP contribution in [0.25, 0.3) is 0 Å². The number of alkyl halides is 1. The van der Waals surface area contributed by atoms with E-state index in [2.05, 4.69) is 11.9 Å². The minimum Gasteiger partial charge on any atom is -0.443 e. The van der Waals surface area contributed by atoms with Crippen LogP contribution in [-0.2, 0) is 22.5 Å². The Hall–Kier alpha value is -0.540. The molecule has 3 nitrogen and oxygen atoms in total. The fourth-order valence-corrected chi connectivity index (χ4v) is 2.67. The molecule has 1 saturated carbocycles. The molecule has 0 spiro atoms. The molecule has 2 atom stereocenters. The summed E-state index contributed by atoms with van der Waals surface area (Å²) in [5.74, 6) is 2.74. The van der Waals surface area contributed by atoms with E-state index in [9.17, 15) is 0 Å². The average Bonchev–Trinajstić information content (AvgIpc) is 2.68. The third-order valence-electron chi connectivity index (χ3n) is 3.57. The van der Waals surface area contributed by atoms with Crippen LogP contribution in [0.4, 0.5) is 0 Å². The Labute approximate surface area is 93.8 Å². The fourth-order valence-electron chi connectivity index (χ4n) is 2.46. The molecule has 1 aliphatic carbocycles. The third kappa shape index (κ3) is 1.26. The molecule has 2 aliphatic rings. The summed E-state index contributed by atoms with van der Waals surface area (Å²) < 4.78 is 11.2. The molecule has 0 N–H and O–H groups in total. The minimum absolute atomic E-state index is 0.105. The normalized spacial score (nSPS) is 33.1. The highest BCUT2D eigenvalue weighted by Crippen LogP contribution is 2.58. The van der Waals surface area contributed by atoms with Crippen molar-refractivity contribution in [3.8, 4) is 0 Å². The zero-order valence-electron chi connectivity index (χ0n) is 8.75. The van der Waals surface area contributed by atoms with Crippen molar-refractivity contribution in [3.05, 3.63) is 17.3 Å². The number of aryl methyl sites for hydroxylation is 1. The van der Waals surface area contributed by atoms with Crippen LogP contribution < -0.4 is 0 Å². The molecule has 0 aromatic carbocycles. The number of oxazole rings is 1. The van der Waals surface area contributed by atoms with Crippen molar-refractivity contribution in [1.29, 1.82) is 0 Å². The zero-order valence-corrected chi connectivity index (χ0v) is 9.51. The number of rotatable bonds is 3. The molecular formula is C11H14ClNO2. The van der Waals surface area contributed by atoms with Gasteiger partial charge in [0.2, 0.25) is 5.89 Å². The second kappa shape index (κ2) is 3.22. The van der Waals surface area contributed by atoms with Gasteiger partial charge in [0.05, 0.1) is 30.2 Å². The summed E-state index contributed by atoms with van der Waals surface area (Å²) in [7, 11) is 0. The lowest BCUT2D eigenvalue weighted by atomic mass is 10.1. The van der Waals surface area contributed by atoms with Gasteiger partial charge in [-0.3, -0.25) is 0 Å². The molecule has 82 valence electrons. The number of hydrogen-bond acceptors (Lipinski definition) is 3. The van der Waals surface area contributed by atoms with Crippen molar-refractivity contribution >= 4 is 11.6 Å². The molecule has 2 fully saturated rings. The predicted octanol–water partition coefficient (Wildman–Crippen LogP) is 2.26. The topological polar surface area (TPSA) is 35.3 Å². The van der Waals surface area contributed by atoms with Gasteiger partial charge in [-0.25, -0.2) is 4.98 Å². The summed E-state index contributed by atoms with van der Waals surface area (Å²) in [5, 5.41) is 0. The van der Waals surface area contributed by atoms with Crippen molar-refractivity contribution in [1.82, 2.24) is 4.98 Å². The first-order chi connectivity index (χ1) is 7.30. The summed E-state index contributed by atoms with van der Waals surface area (Å²) in [5.41, 5.74) is 1.11. The highest BCUT2D eigenvalue weighted by molar-refractivity contribution is 6.16. The van der Waals surface area contributed by atoms with Crippen molar-refractivity contribution in [2.45, 2.75) is 31.1 Å². The van der Waals surface area contributed by atoms with E-state index < -0.39 is 0 Å². The van der Waals surface area contributed by atoms with Crippen molar-refractivity contribution in [2.75, 3.05) is 13.2 Å². The van der Waals surface area contributed by atoms with Crippen molar-refractivity contribution in [2.24, 2.45) is 5.92 Å². The van der Waals surface area contributed by atoms with Gasteiger partial charge in [0, 0.05) is 0 Å². The monoisotopic (exact) mass is 227 g/mol. The van der Waals surface area contributed by atoms with Gasteiger partial charge < -0.3 is 9.15 Å². The first kappa shape index (κ1) is 9.67. The maximum Gasteiger partial charge on any atom is 0.203 e. The summed E-state index contributed by atoms with van der Waals surface area (Å²) in [4.78, 5) is 4.56. The van der Waals surface area contributed by atoms with Crippen LogP contribution in [0.1, 0.15) is 30.7 Å². The fraction of sp³-hybridized carbons (Fsp3) is 0.727. The van der Waals surface area contributed by atoms with Crippen molar-refractivity contribution < 1.29 is 9.15 Å². The van der Waals surface area contributed by atoms with E-state index in [0.29, 0.717) is 11.8 Å². The molecule has 15 heavy (non-hydrogen) atoms. The van der Waals surface area contributed by atoms with Crippen LogP contribution in [0.2, 0.25) is 0 Å². The molecule has 3 rings (SSSR count). The second-order valence-corrected chi connectivity index (χ2v) is 4.72. The number of halogens is 1. The van der Waals surface area contributed by atoms with Gasteiger partial charge in [0.1, 0.15) is 5.76 Å². The molecule has 2 heterocycles. The summed E-state index contributed by atoms with van der Waals surface area (Å²) in [6, 6.07) is 0. The van der Waals surface area contributed by atoms with E-state index in [1.54, 1.807) is 0 Å². The standard InChI is InChI=1S/C11H14ClNO2/c1-2-8-9(4-12)15-10(13-8)11-3-7(11)5-14-6-11/h7H,2-6H2,1H3. The van der Waals surface area contributed by atoms with E-state index in [1.807, 2.05) is 0 Å². The Bertz CT molecular complexity index is 368. The van der Waals surface area contributed by atoms with E-state index >= 15 is 0 Å². The third-order valence-corrected chi connectivity index (χ3v) is 3.81. The van der Waals surface area contributed by atoms with Crippen LogP contribution in [0, 0.1) is 5.92 Å². The lowest BCUT2D eigenvalue weighted by molar-refractivity contribution is 0.155. The molecule has 0 amide bonds. The molecular weight excluding hydrogens is 214 g/mol. The Balaban J connectivity index is 1.96. The van der Waals surface area contributed by atoms with Gasteiger partial charge in [-0.1, -0.05) is 6.92 Å². The van der Waals surface area contributed by atoms with Crippen LogP contribution in [0.15, 0.2) is 4.42 Å². The summed E-state index contributed by atoms with van der Waals surface area (Å²) >= 11 is 5.82. The average molecular weight is 228 g/mol. The minimum atomic E-state index is 0.105. The number of ether oxygens (including phenoxy) is 1. The number of fused-ring (bicyclic) bond motifs is 1. The van der Waals surface area contributed by atoms with Gasteiger partial charge in [-0.2, -0.15) is 0 Å². The SMILES string of the molecule is CCc1nc(C23COCC2C3)oc1CCl. The molecule has 1 aromatic heterocycles. The molecule has 1 aromatic rings. The Morgan fingerprint density at radius 2 is 2.47 bits per heavy atom. The lowest BCUT2D eigenvalue weighted by Gasteiger charge is -2.04. The molecule has 0 bridgehead atoms. The lowest BCUT2D eigenvalue weighted by Crippen LogP contribution is -2.11. The number of nitrogens with zero attached hydrogens (tertiary/aromatic N) is 1. The summed E-state index contributed by atoms with van der Waals surface area (Å²) in [6.07, 6.45) is 2.05. The smallest absolute Gasteiger partial charge is 0.203 e. The largest absolute Gasteiger partial charge is 0.443 e. The van der Waals surface area contributed by atoms with E-state index in [0.717, 1.165) is 37.0 Å². The van der Waals surface area contributed by atoms with Crippen LogP contribution >= 0.6 is 11.6 Å². The Kier molecular flexibility index (Phi) is 2.08. The van der Waals surface area contributed by atoms with Gasteiger partial charge in [-0.05, 0) is 18.8 Å². The summed E-state index contributed by atoms with van der Waals surface area (Å²) in [6.45, 7) is 3.70. The number of hydrogen-bond donors (Lipinski definition) is 0. The Morgan fingerprint density at radius 1 is 1.60 bits per heavy atom. The van der Waals surface area contributed by atoms with Crippen molar-refractivity contribution in [3.63, 3.8) is 0 Å². The number of aromatic nitrogens is 1. The first-order valence-corrected chi connectivity index (χ1v) is 5.96. The quantitative estimate of drug-likeness (QED) is 0.743. The second-order valence-electron chi connectivity index (χ2n) is 4.45. The highest BCUT2D eigenvalue weighted by atomic mass is 35.5. The maximum atomic E-state index is 5.82. The van der Waals surface area contributed by atoms with Crippen LogP contribution in [0.5, 0.6) is 0 Å². The van der Waals surface area contributed by atoms with Gasteiger partial charge in [-0.15, -0.1) is 11.6 Å². The van der Waals surface area contributed by atoms with E-state index in [-0.39, 0.29) is 5.41 Å². The molecule has 0 radical (unpaired) electrons. The molecule has 1 saturated heterocycles. The van der Waals surface area contributed by atoms with Gasteiger partial charge in [0.15, 0.2) is 0 Å². The molecule has 1 aliphatic heterocycles. The zero-order chi connectivity index (χ0) is 10.5. The van der Waals surface area contributed by atoms with Crippen LogP contribution in [0.3, 0.4) is 0 Å². The van der Waals surface area contributed by atoms with Gasteiger partial charge in [0.25, 0.3) is 0 Å². The van der Waals surface area contributed by atoms with E-state index in [4.69, 9.17) is 20.8 Å². The van der Waals surface area contributed by atoms with Crippen LogP contribution in [-0.4, -0.2) is 18.2 Å². The predicted molar refractivity (Wildman–Crippen MR) is 56.0 cm³/mol. The molecule has 4 heteroatoms. The maximum absolute atomic E-state index is 5.82.